The third-order valence-corrected chi connectivity index (χ3v) is 4.72. The van der Waals surface area contributed by atoms with Crippen LogP contribution in [0.4, 0.5) is 0 Å². The van der Waals surface area contributed by atoms with Gasteiger partial charge in [-0.15, -0.1) is 11.3 Å². The number of hydrogen-bond donors (Lipinski definition) is 1. The van der Waals surface area contributed by atoms with Crippen molar-refractivity contribution in [3.05, 3.63) is 38.8 Å². The molecule has 0 aliphatic carbocycles. The summed E-state index contributed by atoms with van der Waals surface area (Å²) in [7, 11) is 1.88. The molecule has 0 aliphatic heterocycles. The smallest absolute Gasteiger partial charge is 0.131 e. The maximum absolute atomic E-state index is 6.26. The molecule has 1 unspecified atom stereocenters. The van der Waals surface area contributed by atoms with E-state index in [2.05, 4.69) is 34.9 Å². The van der Waals surface area contributed by atoms with Crippen molar-refractivity contribution in [2.45, 2.75) is 39.3 Å². The molecule has 5 heteroatoms. The van der Waals surface area contributed by atoms with E-state index in [0.717, 1.165) is 35.8 Å². The van der Waals surface area contributed by atoms with E-state index >= 15 is 0 Å². The van der Waals surface area contributed by atoms with Crippen LogP contribution in [0.5, 0.6) is 0 Å². The van der Waals surface area contributed by atoms with Gasteiger partial charge in [-0.3, -0.25) is 4.68 Å². The minimum absolute atomic E-state index is 0.403. The van der Waals surface area contributed by atoms with Gasteiger partial charge in [0, 0.05) is 30.1 Å². The Labute approximate surface area is 123 Å². The Morgan fingerprint density at radius 1 is 1.53 bits per heavy atom. The zero-order chi connectivity index (χ0) is 13.8. The highest BCUT2D eigenvalue weighted by Gasteiger charge is 2.15. The largest absolute Gasteiger partial charge is 0.305 e. The Bertz CT molecular complexity index is 519. The first-order valence-corrected chi connectivity index (χ1v) is 7.84. The van der Waals surface area contributed by atoms with Crippen molar-refractivity contribution in [1.82, 2.24) is 15.1 Å². The zero-order valence-electron chi connectivity index (χ0n) is 11.6. The number of aryl methyl sites for hydroxylation is 2. The van der Waals surface area contributed by atoms with E-state index in [1.807, 2.05) is 14.0 Å². The average Bonchev–Trinajstić information content (AvgIpc) is 2.97. The van der Waals surface area contributed by atoms with E-state index in [4.69, 9.17) is 11.6 Å². The molecule has 3 nitrogen and oxygen atoms in total. The van der Waals surface area contributed by atoms with E-state index < -0.39 is 0 Å². The van der Waals surface area contributed by atoms with E-state index in [-0.39, 0.29) is 0 Å². The topological polar surface area (TPSA) is 29.9 Å². The summed E-state index contributed by atoms with van der Waals surface area (Å²) in [6, 6.07) is 4.70. The van der Waals surface area contributed by atoms with Gasteiger partial charge in [0.05, 0.1) is 5.69 Å². The van der Waals surface area contributed by atoms with Crippen molar-refractivity contribution in [3.63, 3.8) is 0 Å². The molecule has 2 rings (SSSR count). The number of hydrogen-bond acceptors (Lipinski definition) is 3. The minimum Gasteiger partial charge on any atom is -0.305 e. The van der Waals surface area contributed by atoms with E-state index in [9.17, 15) is 0 Å². The van der Waals surface area contributed by atoms with Crippen LogP contribution in [-0.4, -0.2) is 9.78 Å². The Kier molecular flexibility index (Phi) is 5.02. The molecule has 0 amide bonds. The Morgan fingerprint density at radius 3 is 2.84 bits per heavy atom. The summed E-state index contributed by atoms with van der Waals surface area (Å²) in [5.74, 6) is 0. The fourth-order valence-corrected chi connectivity index (χ4v) is 3.30. The van der Waals surface area contributed by atoms with Crippen molar-refractivity contribution in [2.24, 2.45) is 7.05 Å². The average molecular weight is 298 g/mol. The lowest BCUT2D eigenvalue weighted by Crippen LogP contribution is -2.20. The van der Waals surface area contributed by atoms with Crippen molar-refractivity contribution < 1.29 is 0 Å². The highest BCUT2D eigenvalue weighted by molar-refractivity contribution is 7.10. The second kappa shape index (κ2) is 6.55. The van der Waals surface area contributed by atoms with E-state index in [0.29, 0.717) is 6.04 Å². The summed E-state index contributed by atoms with van der Waals surface area (Å²) in [6.45, 7) is 4.98. The maximum Gasteiger partial charge on any atom is 0.131 e. The summed E-state index contributed by atoms with van der Waals surface area (Å²) in [6.07, 6.45) is 2.30. The van der Waals surface area contributed by atoms with Gasteiger partial charge in [-0.2, -0.15) is 5.10 Å². The summed E-state index contributed by atoms with van der Waals surface area (Å²) in [5.41, 5.74) is 2.10. The van der Waals surface area contributed by atoms with Crippen LogP contribution < -0.4 is 5.32 Å². The van der Waals surface area contributed by atoms with Crippen molar-refractivity contribution in [1.29, 1.82) is 0 Å². The number of thiophene rings is 1. The lowest BCUT2D eigenvalue weighted by atomic mass is 10.1. The normalized spacial score (nSPS) is 12.8. The van der Waals surface area contributed by atoms with E-state index in [1.165, 1.54) is 4.88 Å². The first kappa shape index (κ1) is 14.6. The van der Waals surface area contributed by atoms with Crippen LogP contribution in [0.15, 0.2) is 17.5 Å². The van der Waals surface area contributed by atoms with Crippen LogP contribution in [0.2, 0.25) is 5.15 Å². The van der Waals surface area contributed by atoms with Gasteiger partial charge in [-0.1, -0.05) is 31.0 Å². The summed E-state index contributed by atoms with van der Waals surface area (Å²) in [5, 5.41) is 10.8. The van der Waals surface area contributed by atoms with Crippen LogP contribution in [0.3, 0.4) is 0 Å². The zero-order valence-corrected chi connectivity index (χ0v) is 13.2. The van der Waals surface area contributed by atoms with Crippen LogP contribution in [-0.2, 0) is 13.6 Å². The maximum atomic E-state index is 6.26. The van der Waals surface area contributed by atoms with Crippen LogP contribution in [0, 0.1) is 6.92 Å². The quantitative estimate of drug-likeness (QED) is 0.871. The number of halogens is 1. The molecule has 0 radical (unpaired) electrons. The Hall–Kier alpha value is -0.840. The molecule has 0 saturated carbocycles. The second-order valence-electron chi connectivity index (χ2n) is 4.72. The van der Waals surface area contributed by atoms with Gasteiger partial charge in [0.2, 0.25) is 0 Å². The molecular weight excluding hydrogens is 278 g/mol. The molecule has 2 aromatic rings. The number of nitrogens with zero attached hydrogens (tertiary/aromatic N) is 2. The highest BCUT2D eigenvalue weighted by Crippen LogP contribution is 2.25. The highest BCUT2D eigenvalue weighted by atomic mass is 35.5. The van der Waals surface area contributed by atoms with Gasteiger partial charge >= 0.3 is 0 Å². The molecule has 0 bridgehead atoms. The minimum atomic E-state index is 0.403. The third kappa shape index (κ3) is 3.38. The standard InChI is InChI=1S/C14H20ClN3S/c1-4-6-12(13-7-5-8-19-13)16-9-11-10(2)17-18(3)14(11)15/h5,7-8,12,16H,4,6,9H2,1-3H3. The van der Waals surface area contributed by atoms with Crippen LogP contribution >= 0.6 is 22.9 Å². The van der Waals surface area contributed by atoms with Crippen molar-refractivity contribution in [3.8, 4) is 0 Å². The number of rotatable bonds is 6. The molecular formula is C14H20ClN3S. The molecule has 104 valence electrons. The monoisotopic (exact) mass is 297 g/mol. The number of nitrogens with one attached hydrogen (secondary N) is 1. The second-order valence-corrected chi connectivity index (χ2v) is 6.05. The predicted molar refractivity (Wildman–Crippen MR) is 81.8 cm³/mol. The lowest BCUT2D eigenvalue weighted by molar-refractivity contribution is 0.500. The summed E-state index contributed by atoms with van der Waals surface area (Å²) in [4.78, 5) is 1.39. The third-order valence-electron chi connectivity index (χ3n) is 3.26. The first-order valence-electron chi connectivity index (χ1n) is 6.58. The molecule has 19 heavy (non-hydrogen) atoms. The fraction of sp³-hybridized carbons (Fsp3) is 0.500. The summed E-state index contributed by atoms with van der Waals surface area (Å²) < 4.78 is 1.73. The van der Waals surface area contributed by atoms with Gasteiger partial charge in [-0.05, 0) is 24.8 Å². The van der Waals surface area contributed by atoms with Crippen LogP contribution in [0.25, 0.3) is 0 Å². The Morgan fingerprint density at radius 2 is 2.32 bits per heavy atom. The van der Waals surface area contributed by atoms with Gasteiger partial charge in [0.15, 0.2) is 0 Å². The molecule has 0 fully saturated rings. The van der Waals surface area contributed by atoms with Crippen molar-refractivity contribution in [2.75, 3.05) is 0 Å². The SMILES string of the molecule is CCCC(NCc1c(C)nn(C)c1Cl)c1cccs1. The lowest BCUT2D eigenvalue weighted by Gasteiger charge is -2.16. The summed E-state index contributed by atoms with van der Waals surface area (Å²) >= 11 is 8.07. The Balaban J connectivity index is 2.07. The van der Waals surface area contributed by atoms with Gasteiger partial charge in [0.25, 0.3) is 0 Å². The van der Waals surface area contributed by atoms with E-state index in [1.54, 1.807) is 16.0 Å². The van der Waals surface area contributed by atoms with Crippen LogP contribution in [0.1, 0.15) is 41.9 Å². The molecule has 1 atom stereocenters. The molecule has 0 aromatic carbocycles. The van der Waals surface area contributed by atoms with Crippen molar-refractivity contribution >= 4 is 22.9 Å². The molecule has 0 saturated heterocycles. The fourth-order valence-electron chi connectivity index (χ4n) is 2.22. The first-order chi connectivity index (χ1) is 9.13. The predicted octanol–water partition coefficient (Wildman–Crippen LogP) is 4.07. The van der Waals surface area contributed by atoms with Gasteiger partial charge < -0.3 is 5.32 Å². The molecule has 1 N–H and O–H groups in total. The van der Waals surface area contributed by atoms with Gasteiger partial charge in [0.1, 0.15) is 5.15 Å². The molecule has 0 aliphatic rings. The molecule has 2 aromatic heterocycles. The molecule has 0 spiro atoms. The molecule has 2 heterocycles. The van der Waals surface area contributed by atoms with Gasteiger partial charge in [-0.25, -0.2) is 0 Å². The number of aromatic nitrogens is 2.